The molecule has 5 heteroatoms. The second-order valence-electron chi connectivity index (χ2n) is 4.79. The van der Waals surface area contributed by atoms with E-state index >= 15 is 0 Å². The topological polar surface area (TPSA) is 35.2 Å². The fourth-order valence-corrected chi connectivity index (χ4v) is 2.12. The molecule has 0 aromatic rings. The second kappa shape index (κ2) is 5.36. The van der Waals surface area contributed by atoms with Gasteiger partial charge in [-0.3, -0.25) is 0 Å². The minimum absolute atomic E-state index is 0.290. The predicted molar refractivity (Wildman–Crippen MR) is 55.9 cm³/mol. The first-order valence-electron chi connectivity index (χ1n) is 5.76. The Morgan fingerprint density at radius 2 is 1.88 bits per heavy atom. The largest absolute Gasteiger partial charge is 0.415 e. The standard InChI is InChI=1S/C11H20F3NO/c1-7-3-4-9(5-8(7)2)16-10(6-15)11(12,13)14/h7-10H,3-6,15H2,1-2H3. The van der Waals surface area contributed by atoms with E-state index in [1.807, 2.05) is 0 Å². The summed E-state index contributed by atoms with van der Waals surface area (Å²) < 4.78 is 42.4. The summed E-state index contributed by atoms with van der Waals surface area (Å²) in [5.41, 5.74) is 5.09. The Morgan fingerprint density at radius 1 is 1.25 bits per heavy atom. The van der Waals surface area contributed by atoms with Gasteiger partial charge in [0.1, 0.15) is 0 Å². The molecule has 0 spiro atoms. The average molecular weight is 239 g/mol. The van der Waals surface area contributed by atoms with E-state index in [4.69, 9.17) is 10.5 Å². The van der Waals surface area contributed by atoms with Crippen molar-refractivity contribution < 1.29 is 17.9 Å². The summed E-state index contributed by atoms with van der Waals surface area (Å²) in [5, 5.41) is 0. The van der Waals surface area contributed by atoms with Crippen molar-refractivity contribution in [2.24, 2.45) is 17.6 Å². The van der Waals surface area contributed by atoms with Crippen LogP contribution in [0.5, 0.6) is 0 Å². The van der Waals surface area contributed by atoms with Crippen LogP contribution in [0.2, 0.25) is 0 Å². The van der Waals surface area contributed by atoms with Gasteiger partial charge in [-0.15, -0.1) is 0 Å². The number of hydrogen-bond acceptors (Lipinski definition) is 2. The van der Waals surface area contributed by atoms with Gasteiger partial charge in [-0.2, -0.15) is 13.2 Å². The molecule has 0 amide bonds. The van der Waals surface area contributed by atoms with Gasteiger partial charge < -0.3 is 10.5 Å². The second-order valence-corrected chi connectivity index (χ2v) is 4.79. The van der Waals surface area contributed by atoms with Crippen LogP contribution >= 0.6 is 0 Å². The van der Waals surface area contributed by atoms with Gasteiger partial charge in [-0.1, -0.05) is 13.8 Å². The maximum atomic E-state index is 12.4. The first-order chi connectivity index (χ1) is 7.34. The van der Waals surface area contributed by atoms with Crippen LogP contribution in [-0.2, 0) is 4.74 Å². The van der Waals surface area contributed by atoms with Gasteiger partial charge in [0.2, 0.25) is 0 Å². The summed E-state index contributed by atoms with van der Waals surface area (Å²) >= 11 is 0. The van der Waals surface area contributed by atoms with E-state index in [9.17, 15) is 13.2 Å². The molecule has 16 heavy (non-hydrogen) atoms. The maximum Gasteiger partial charge on any atom is 0.415 e. The fraction of sp³-hybridized carbons (Fsp3) is 1.00. The van der Waals surface area contributed by atoms with Crippen molar-refractivity contribution in [2.45, 2.75) is 51.5 Å². The molecule has 0 bridgehead atoms. The lowest BCUT2D eigenvalue weighted by Gasteiger charge is -2.34. The molecule has 1 aliphatic rings. The number of nitrogens with two attached hydrogens (primary N) is 1. The zero-order valence-corrected chi connectivity index (χ0v) is 9.76. The number of hydrogen-bond donors (Lipinski definition) is 1. The zero-order chi connectivity index (χ0) is 12.3. The summed E-state index contributed by atoms with van der Waals surface area (Å²) in [4.78, 5) is 0. The normalized spacial score (nSPS) is 33.8. The smallest absolute Gasteiger partial charge is 0.364 e. The minimum atomic E-state index is -4.35. The van der Waals surface area contributed by atoms with Crippen LogP contribution in [0.1, 0.15) is 33.1 Å². The van der Waals surface area contributed by atoms with Crippen molar-refractivity contribution in [1.82, 2.24) is 0 Å². The Kier molecular flexibility index (Phi) is 4.62. The highest BCUT2D eigenvalue weighted by atomic mass is 19.4. The molecule has 1 saturated carbocycles. The van der Waals surface area contributed by atoms with Crippen LogP contribution in [0.3, 0.4) is 0 Å². The van der Waals surface area contributed by atoms with Crippen molar-refractivity contribution in [3.63, 3.8) is 0 Å². The van der Waals surface area contributed by atoms with Crippen LogP contribution in [0.15, 0.2) is 0 Å². The molecule has 1 rings (SSSR count). The van der Waals surface area contributed by atoms with Crippen molar-refractivity contribution in [3.8, 4) is 0 Å². The highest BCUT2D eigenvalue weighted by Crippen LogP contribution is 2.33. The van der Waals surface area contributed by atoms with E-state index in [1.54, 1.807) is 0 Å². The molecule has 0 radical (unpaired) electrons. The van der Waals surface area contributed by atoms with Gasteiger partial charge in [0, 0.05) is 6.54 Å². The van der Waals surface area contributed by atoms with Crippen LogP contribution in [0, 0.1) is 11.8 Å². The Bertz CT molecular complexity index is 220. The molecule has 4 atom stereocenters. The molecule has 4 unspecified atom stereocenters. The Balaban J connectivity index is 2.47. The van der Waals surface area contributed by atoms with Crippen molar-refractivity contribution in [2.75, 3.05) is 6.54 Å². The maximum absolute atomic E-state index is 12.4. The molecular weight excluding hydrogens is 219 g/mol. The van der Waals surface area contributed by atoms with Gasteiger partial charge in [0.25, 0.3) is 0 Å². The van der Waals surface area contributed by atoms with Crippen molar-refractivity contribution in [1.29, 1.82) is 0 Å². The molecule has 1 aliphatic carbocycles. The fourth-order valence-electron chi connectivity index (χ4n) is 2.12. The molecule has 0 saturated heterocycles. The van der Waals surface area contributed by atoms with E-state index in [0.717, 1.165) is 6.42 Å². The van der Waals surface area contributed by atoms with E-state index in [1.165, 1.54) is 0 Å². The summed E-state index contributed by atoms with van der Waals surface area (Å²) in [6.45, 7) is 3.69. The van der Waals surface area contributed by atoms with Crippen LogP contribution in [0.4, 0.5) is 13.2 Å². The van der Waals surface area contributed by atoms with Crippen LogP contribution in [0.25, 0.3) is 0 Å². The van der Waals surface area contributed by atoms with E-state index < -0.39 is 18.8 Å². The van der Waals surface area contributed by atoms with Crippen molar-refractivity contribution >= 4 is 0 Å². The number of alkyl halides is 3. The van der Waals surface area contributed by atoms with Gasteiger partial charge in [-0.05, 0) is 31.1 Å². The summed E-state index contributed by atoms with van der Waals surface area (Å²) in [7, 11) is 0. The van der Waals surface area contributed by atoms with Crippen LogP contribution in [-0.4, -0.2) is 24.9 Å². The lowest BCUT2D eigenvalue weighted by Crippen LogP contribution is -2.42. The Labute approximate surface area is 94.3 Å². The third-order valence-electron chi connectivity index (χ3n) is 3.49. The number of ether oxygens (including phenoxy) is 1. The lowest BCUT2D eigenvalue weighted by molar-refractivity contribution is -0.233. The Hall–Kier alpha value is -0.290. The van der Waals surface area contributed by atoms with Gasteiger partial charge in [0.15, 0.2) is 6.10 Å². The predicted octanol–water partition coefficient (Wildman–Crippen LogP) is 2.72. The molecule has 0 heterocycles. The third kappa shape index (κ3) is 3.63. The third-order valence-corrected chi connectivity index (χ3v) is 3.49. The molecule has 0 aromatic heterocycles. The highest BCUT2D eigenvalue weighted by Gasteiger charge is 2.41. The van der Waals surface area contributed by atoms with Crippen molar-refractivity contribution in [3.05, 3.63) is 0 Å². The molecule has 0 aliphatic heterocycles. The molecule has 2 N–H and O–H groups in total. The zero-order valence-electron chi connectivity index (χ0n) is 9.76. The van der Waals surface area contributed by atoms with E-state index in [-0.39, 0.29) is 6.10 Å². The van der Waals surface area contributed by atoms with Gasteiger partial charge >= 0.3 is 6.18 Å². The van der Waals surface area contributed by atoms with Gasteiger partial charge in [0.05, 0.1) is 6.10 Å². The first kappa shape index (κ1) is 13.8. The Morgan fingerprint density at radius 3 is 2.31 bits per heavy atom. The molecule has 1 fully saturated rings. The average Bonchev–Trinajstić information content (AvgIpc) is 2.18. The lowest BCUT2D eigenvalue weighted by atomic mass is 9.80. The van der Waals surface area contributed by atoms with E-state index in [0.29, 0.717) is 24.7 Å². The monoisotopic (exact) mass is 239 g/mol. The van der Waals surface area contributed by atoms with Gasteiger partial charge in [-0.25, -0.2) is 0 Å². The quantitative estimate of drug-likeness (QED) is 0.821. The summed E-state index contributed by atoms with van der Waals surface area (Å²) in [6, 6.07) is 0. The molecular formula is C11H20F3NO. The molecule has 0 aromatic carbocycles. The van der Waals surface area contributed by atoms with Crippen LogP contribution < -0.4 is 5.73 Å². The summed E-state index contributed by atoms with van der Waals surface area (Å²) in [5.74, 6) is 0.993. The number of rotatable bonds is 3. The SMILES string of the molecule is CC1CCC(OC(CN)C(F)(F)F)CC1C. The summed E-state index contributed by atoms with van der Waals surface area (Å²) in [6.07, 6.45) is -4.10. The highest BCUT2D eigenvalue weighted by molar-refractivity contribution is 4.78. The molecule has 96 valence electrons. The number of halogens is 3. The molecule has 2 nitrogen and oxygen atoms in total. The first-order valence-corrected chi connectivity index (χ1v) is 5.76. The van der Waals surface area contributed by atoms with E-state index in [2.05, 4.69) is 13.8 Å². The minimum Gasteiger partial charge on any atom is -0.364 e.